The van der Waals surface area contributed by atoms with Crippen LogP contribution in [0.1, 0.15) is 33.7 Å². The van der Waals surface area contributed by atoms with Crippen LogP contribution in [0.3, 0.4) is 0 Å². The monoisotopic (exact) mass is 395 g/mol. The van der Waals surface area contributed by atoms with Crippen LogP contribution in [0, 0.1) is 0 Å². The number of aromatic nitrogens is 1. The van der Waals surface area contributed by atoms with Gasteiger partial charge < -0.3 is 29.1 Å². The van der Waals surface area contributed by atoms with Gasteiger partial charge in [0.05, 0.1) is 31.6 Å². The quantitative estimate of drug-likeness (QED) is 0.708. The molecule has 0 saturated carbocycles. The summed E-state index contributed by atoms with van der Waals surface area (Å²) in [5.74, 6) is -0.428. The molecule has 0 bridgehead atoms. The number of hydrogen-bond acceptors (Lipinski definition) is 5. The first-order valence-corrected chi connectivity index (χ1v) is 9.59. The van der Waals surface area contributed by atoms with Gasteiger partial charge in [0.25, 0.3) is 5.91 Å². The Morgan fingerprint density at radius 1 is 1.17 bits per heavy atom. The van der Waals surface area contributed by atoms with Crippen LogP contribution in [0.4, 0.5) is 0 Å². The molecule has 3 aromatic rings. The second-order valence-corrected chi connectivity index (χ2v) is 7.17. The van der Waals surface area contributed by atoms with E-state index in [4.69, 9.17) is 13.9 Å². The Hall–Kier alpha value is -3.10. The van der Waals surface area contributed by atoms with Crippen LogP contribution in [-0.4, -0.2) is 48.0 Å². The number of likely N-dealkylation sites (N-methyl/N-ethyl adjacent to an activating group) is 1. The number of fused-ring (bicyclic) bond motifs is 3. The van der Waals surface area contributed by atoms with Crippen molar-refractivity contribution >= 4 is 22.7 Å². The molecule has 2 amide bonds. The predicted molar refractivity (Wildman–Crippen MR) is 103 cm³/mol. The molecule has 8 nitrogen and oxygen atoms in total. The minimum atomic E-state index is -0.637. The van der Waals surface area contributed by atoms with E-state index < -0.39 is 12.3 Å². The summed E-state index contributed by atoms with van der Waals surface area (Å²) >= 11 is 0. The van der Waals surface area contributed by atoms with Crippen molar-refractivity contribution in [1.82, 2.24) is 15.2 Å². The van der Waals surface area contributed by atoms with Crippen molar-refractivity contribution in [3.63, 3.8) is 0 Å². The molecular weight excluding hydrogens is 374 g/mol. The predicted octanol–water partition coefficient (Wildman–Crippen LogP) is 2.12. The number of benzene rings is 1. The fraction of sp³-hybridized carbons (Fsp3) is 0.333. The Balaban J connectivity index is 1.53. The van der Waals surface area contributed by atoms with Crippen molar-refractivity contribution in [3.05, 3.63) is 59.2 Å². The van der Waals surface area contributed by atoms with E-state index in [2.05, 4.69) is 10.3 Å². The number of H-pyrrole nitrogens is 1. The van der Waals surface area contributed by atoms with Crippen molar-refractivity contribution in [2.24, 2.45) is 0 Å². The summed E-state index contributed by atoms with van der Waals surface area (Å²) in [5, 5.41) is 3.76. The first kappa shape index (κ1) is 18.0. The summed E-state index contributed by atoms with van der Waals surface area (Å²) in [6, 6.07) is 9.00. The van der Waals surface area contributed by atoms with Gasteiger partial charge >= 0.3 is 0 Å². The third-order valence-electron chi connectivity index (χ3n) is 5.58. The van der Waals surface area contributed by atoms with Crippen LogP contribution in [-0.2, 0) is 27.2 Å². The molecule has 0 spiro atoms. The minimum Gasteiger partial charge on any atom is -0.459 e. The fourth-order valence-corrected chi connectivity index (χ4v) is 4.17. The Morgan fingerprint density at radius 3 is 2.76 bits per heavy atom. The topological polar surface area (TPSA) is 96.8 Å². The number of amides is 2. The average Bonchev–Trinajstić information content (AvgIpc) is 3.50. The average molecular weight is 395 g/mol. The lowest BCUT2D eigenvalue weighted by Crippen LogP contribution is -2.52. The zero-order chi connectivity index (χ0) is 20.0. The molecule has 1 unspecified atom stereocenters. The van der Waals surface area contributed by atoms with E-state index in [1.54, 1.807) is 18.0 Å². The number of rotatable bonds is 3. The standard InChI is InChI=1S/C21H21N3O5/c1-22-19(25)17-10-14-12-4-2-3-5-15(12)23-16(14)11-24(17)20(26)18-13(6-7-27-18)21-28-8-9-29-21/h2-7,17,21,23H,8-11H2,1H3,(H,22,25). The zero-order valence-corrected chi connectivity index (χ0v) is 15.9. The SMILES string of the molecule is CNC(=O)C1Cc2c([nH]c3ccccc23)CN1C(=O)c1occc1C1OCCO1. The van der Waals surface area contributed by atoms with Crippen LogP contribution in [0.2, 0.25) is 0 Å². The number of nitrogens with one attached hydrogen (secondary N) is 2. The molecule has 29 heavy (non-hydrogen) atoms. The maximum absolute atomic E-state index is 13.4. The van der Waals surface area contributed by atoms with Gasteiger partial charge in [0.2, 0.25) is 5.91 Å². The highest BCUT2D eigenvalue weighted by atomic mass is 16.7. The summed E-state index contributed by atoms with van der Waals surface area (Å²) < 4.78 is 16.6. The maximum Gasteiger partial charge on any atom is 0.291 e. The number of aromatic amines is 1. The van der Waals surface area contributed by atoms with Gasteiger partial charge in [-0.3, -0.25) is 9.59 Å². The Labute approximate surface area is 166 Å². The minimum absolute atomic E-state index is 0.144. The molecule has 1 atom stereocenters. The molecule has 1 fully saturated rings. The van der Waals surface area contributed by atoms with E-state index in [0.29, 0.717) is 25.2 Å². The van der Waals surface area contributed by atoms with E-state index in [0.717, 1.165) is 22.2 Å². The molecule has 8 heteroatoms. The van der Waals surface area contributed by atoms with Gasteiger partial charge in [-0.25, -0.2) is 0 Å². The second kappa shape index (κ2) is 7.06. The van der Waals surface area contributed by atoms with Crippen molar-refractivity contribution in [1.29, 1.82) is 0 Å². The van der Waals surface area contributed by atoms with Crippen LogP contribution in [0.25, 0.3) is 10.9 Å². The van der Waals surface area contributed by atoms with Crippen LogP contribution in [0.5, 0.6) is 0 Å². The summed E-state index contributed by atoms with van der Waals surface area (Å²) in [6.45, 7) is 1.21. The van der Waals surface area contributed by atoms with Crippen LogP contribution < -0.4 is 5.32 Å². The molecule has 5 rings (SSSR count). The van der Waals surface area contributed by atoms with E-state index in [-0.39, 0.29) is 24.1 Å². The summed E-state index contributed by atoms with van der Waals surface area (Å²) in [6.07, 6.45) is 1.25. The van der Waals surface area contributed by atoms with Gasteiger partial charge in [0, 0.05) is 30.1 Å². The summed E-state index contributed by atoms with van der Waals surface area (Å²) in [4.78, 5) is 31.0. The van der Waals surface area contributed by atoms with Crippen molar-refractivity contribution < 1.29 is 23.5 Å². The third kappa shape index (κ3) is 2.92. The zero-order valence-electron chi connectivity index (χ0n) is 15.9. The molecule has 2 aliphatic heterocycles. The van der Waals surface area contributed by atoms with E-state index in [1.807, 2.05) is 24.3 Å². The van der Waals surface area contributed by atoms with E-state index in [9.17, 15) is 9.59 Å². The lowest BCUT2D eigenvalue weighted by molar-refractivity contribution is -0.125. The molecule has 0 radical (unpaired) electrons. The van der Waals surface area contributed by atoms with Gasteiger partial charge in [-0.2, -0.15) is 0 Å². The van der Waals surface area contributed by atoms with Gasteiger partial charge in [-0.15, -0.1) is 0 Å². The number of ether oxygens (including phenoxy) is 2. The second-order valence-electron chi connectivity index (χ2n) is 7.17. The fourth-order valence-electron chi connectivity index (χ4n) is 4.17. The largest absolute Gasteiger partial charge is 0.459 e. The molecule has 1 saturated heterocycles. The molecule has 2 aromatic heterocycles. The van der Waals surface area contributed by atoms with Crippen LogP contribution in [0.15, 0.2) is 41.0 Å². The van der Waals surface area contributed by atoms with E-state index >= 15 is 0 Å². The number of hydrogen-bond donors (Lipinski definition) is 2. The first-order valence-electron chi connectivity index (χ1n) is 9.59. The smallest absolute Gasteiger partial charge is 0.291 e. The maximum atomic E-state index is 13.4. The van der Waals surface area contributed by atoms with Gasteiger partial charge in [0.15, 0.2) is 12.1 Å². The van der Waals surface area contributed by atoms with E-state index in [1.165, 1.54) is 6.26 Å². The normalized spacial score (nSPS) is 19.5. The third-order valence-corrected chi connectivity index (χ3v) is 5.58. The molecular formula is C21H21N3O5. The first-order chi connectivity index (χ1) is 14.2. The summed E-state index contributed by atoms with van der Waals surface area (Å²) in [5.41, 5.74) is 3.54. The Kier molecular flexibility index (Phi) is 4.37. The molecule has 4 heterocycles. The Morgan fingerprint density at radius 2 is 1.97 bits per heavy atom. The van der Waals surface area contributed by atoms with Gasteiger partial charge in [0.1, 0.15) is 6.04 Å². The van der Waals surface area contributed by atoms with Gasteiger partial charge in [-0.05, 0) is 17.7 Å². The van der Waals surface area contributed by atoms with Gasteiger partial charge in [-0.1, -0.05) is 18.2 Å². The van der Waals surface area contributed by atoms with Crippen LogP contribution >= 0.6 is 0 Å². The number of carbonyl (C=O) groups is 2. The number of carbonyl (C=O) groups excluding carboxylic acids is 2. The molecule has 2 N–H and O–H groups in total. The highest BCUT2D eigenvalue weighted by Gasteiger charge is 2.39. The summed E-state index contributed by atoms with van der Waals surface area (Å²) in [7, 11) is 1.58. The number of para-hydroxylation sites is 1. The van der Waals surface area contributed by atoms with Crippen molar-refractivity contribution in [2.45, 2.75) is 25.3 Å². The lowest BCUT2D eigenvalue weighted by atomic mass is 9.95. The van der Waals surface area contributed by atoms with Crippen molar-refractivity contribution in [2.75, 3.05) is 20.3 Å². The lowest BCUT2D eigenvalue weighted by Gasteiger charge is -2.34. The highest BCUT2D eigenvalue weighted by molar-refractivity contribution is 5.98. The van der Waals surface area contributed by atoms with Crippen molar-refractivity contribution in [3.8, 4) is 0 Å². The number of furan rings is 1. The molecule has 0 aliphatic carbocycles. The molecule has 2 aliphatic rings. The molecule has 1 aromatic carbocycles. The Bertz CT molecular complexity index is 1080. The number of nitrogens with zero attached hydrogens (tertiary/aromatic N) is 1. The highest BCUT2D eigenvalue weighted by Crippen LogP contribution is 2.33. The molecule has 150 valence electrons.